The van der Waals surface area contributed by atoms with E-state index in [-0.39, 0.29) is 0 Å². The number of nitrogens with zero attached hydrogens (tertiary/aromatic N) is 3. The first-order valence-corrected chi connectivity index (χ1v) is 5.04. The van der Waals surface area contributed by atoms with Gasteiger partial charge in [0.15, 0.2) is 0 Å². The first-order valence-electron chi connectivity index (χ1n) is 5.04. The molecular formula is C13H11N3. The number of hydrogen-bond acceptors (Lipinski definition) is 2. The summed E-state index contributed by atoms with van der Waals surface area (Å²) >= 11 is 0. The number of nitriles is 1. The molecule has 0 atom stereocenters. The van der Waals surface area contributed by atoms with Crippen LogP contribution in [0.1, 0.15) is 12.0 Å². The fraction of sp³-hybridized carbons (Fsp3) is 0.0769. The number of allylic oxidation sites excluding steroid dienone is 1. The monoisotopic (exact) mass is 209 g/mol. The molecule has 78 valence electrons. The van der Waals surface area contributed by atoms with Gasteiger partial charge < -0.3 is 0 Å². The molecule has 1 aromatic heterocycles. The van der Waals surface area contributed by atoms with Crippen LogP contribution in [0.3, 0.4) is 0 Å². The molecule has 0 aliphatic carbocycles. The van der Waals surface area contributed by atoms with E-state index in [0.29, 0.717) is 6.42 Å². The van der Waals surface area contributed by atoms with E-state index >= 15 is 0 Å². The molecular weight excluding hydrogens is 198 g/mol. The predicted molar refractivity (Wildman–Crippen MR) is 62.8 cm³/mol. The third kappa shape index (κ3) is 2.37. The first kappa shape index (κ1) is 10.2. The third-order valence-corrected chi connectivity index (χ3v) is 2.18. The van der Waals surface area contributed by atoms with Crippen molar-refractivity contribution in [1.29, 1.82) is 5.26 Å². The Labute approximate surface area is 94.3 Å². The molecule has 0 N–H and O–H groups in total. The van der Waals surface area contributed by atoms with Crippen LogP contribution in [0.25, 0.3) is 11.8 Å². The van der Waals surface area contributed by atoms with Crippen molar-refractivity contribution in [3.63, 3.8) is 0 Å². The number of benzene rings is 1. The smallest absolute Gasteiger partial charge is 0.0663 e. The lowest BCUT2D eigenvalue weighted by molar-refractivity contribution is 0.880. The number of rotatable bonds is 3. The van der Waals surface area contributed by atoms with Gasteiger partial charge in [0.2, 0.25) is 0 Å². The molecule has 0 aliphatic rings. The zero-order valence-corrected chi connectivity index (χ0v) is 8.74. The quantitative estimate of drug-likeness (QED) is 0.780. The van der Waals surface area contributed by atoms with Gasteiger partial charge in [-0.3, -0.25) is 0 Å². The van der Waals surface area contributed by atoms with Crippen LogP contribution in [0.5, 0.6) is 0 Å². The van der Waals surface area contributed by atoms with Crippen molar-refractivity contribution < 1.29 is 0 Å². The van der Waals surface area contributed by atoms with Gasteiger partial charge in [0, 0.05) is 12.4 Å². The highest BCUT2D eigenvalue weighted by Gasteiger charge is 1.94. The Kier molecular flexibility index (Phi) is 3.15. The molecule has 2 rings (SSSR count). The van der Waals surface area contributed by atoms with Crippen LogP contribution in [0, 0.1) is 11.3 Å². The topological polar surface area (TPSA) is 41.6 Å². The van der Waals surface area contributed by atoms with Crippen molar-refractivity contribution in [3.05, 3.63) is 54.4 Å². The highest BCUT2D eigenvalue weighted by Crippen LogP contribution is 2.09. The van der Waals surface area contributed by atoms with E-state index in [1.54, 1.807) is 6.20 Å². The van der Waals surface area contributed by atoms with Gasteiger partial charge in [-0.05, 0) is 23.8 Å². The summed E-state index contributed by atoms with van der Waals surface area (Å²) in [4.78, 5) is 0. The number of hydrogen-bond donors (Lipinski definition) is 0. The third-order valence-electron chi connectivity index (χ3n) is 2.18. The zero-order valence-electron chi connectivity index (χ0n) is 8.74. The van der Waals surface area contributed by atoms with Gasteiger partial charge in [-0.25, -0.2) is 4.68 Å². The van der Waals surface area contributed by atoms with Gasteiger partial charge in [0.25, 0.3) is 0 Å². The van der Waals surface area contributed by atoms with Gasteiger partial charge in [0.05, 0.1) is 18.2 Å². The maximum absolute atomic E-state index is 8.40. The molecule has 0 saturated carbocycles. The van der Waals surface area contributed by atoms with Crippen molar-refractivity contribution in [2.75, 3.05) is 0 Å². The minimum absolute atomic E-state index is 0.445. The molecule has 3 nitrogen and oxygen atoms in total. The van der Waals surface area contributed by atoms with Crippen LogP contribution in [0.2, 0.25) is 0 Å². The van der Waals surface area contributed by atoms with E-state index in [1.807, 2.05) is 53.4 Å². The van der Waals surface area contributed by atoms with E-state index in [2.05, 4.69) is 11.2 Å². The summed E-state index contributed by atoms with van der Waals surface area (Å²) in [5.41, 5.74) is 2.12. The maximum Gasteiger partial charge on any atom is 0.0663 e. The van der Waals surface area contributed by atoms with E-state index in [4.69, 9.17) is 5.26 Å². The van der Waals surface area contributed by atoms with Gasteiger partial charge >= 0.3 is 0 Å². The lowest BCUT2D eigenvalue weighted by atomic mass is 10.2. The second-order valence-corrected chi connectivity index (χ2v) is 3.31. The average molecular weight is 209 g/mol. The van der Waals surface area contributed by atoms with E-state index < -0.39 is 0 Å². The fourth-order valence-corrected chi connectivity index (χ4v) is 1.41. The van der Waals surface area contributed by atoms with Gasteiger partial charge in [-0.1, -0.05) is 24.3 Å². The predicted octanol–water partition coefficient (Wildman–Crippen LogP) is 2.80. The molecule has 0 amide bonds. The summed E-state index contributed by atoms with van der Waals surface area (Å²) < 4.78 is 1.81. The molecule has 0 saturated heterocycles. The SMILES string of the molecule is N#CCC=Cc1ccc(-n2cccn2)cc1. The Morgan fingerprint density at radius 1 is 1.31 bits per heavy atom. The van der Waals surface area contributed by atoms with Crippen molar-refractivity contribution >= 4 is 6.08 Å². The lowest BCUT2D eigenvalue weighted by Gasteiger charge is -2.00. The maximum atomic E-state index is 8.40. The second-order valence-electron chi connectivity index (χ2n) is 3.31. The largest absolute Gasteiger partial charge is 0.241 e. The minimum Gasteiger partial charge on any atom is -0.241 e. The van der Waals surface area contributed by atoms with Crippen LogP contribution in [0.4, 0.5) is 0 Å². The van der Waals surface area contributed by atoms with Gasteiger partial charge in [-0.15, -0.1) is 0 Å². The summed E-state index contributed by atoms with van der Waals surface area (Å²) in [6, 6.07) is 12.0. The summed E-state index contributed by atoms with van der Waals surface area (Å²) in [6.45, 7) is 0. The Hall–Kier alpha value is -2.34. The highest BCUT2D eigenvalue weighted by atomic mass is 15.3. The lowest BCUT2D eigenvalue weighted by Crippen LogP contribution is -1.93. The molecule has 0 spiro atoms. The fourth-order valence-electron chi connectivity index (χ4n) is 1.41. The van der Waals surface area contributed by atoms with Crippen molar-refractivity contribution in [3.8, 4) is 11.8 Å². The Balaban J connectivity index is 2.14. The standard InChI is InChI=1S/C13H11N3/c14-9-2-1-4-12-5-7-13(8-6-12)16-11-3-10-15-16/h1,3-8,10-11H,2H2. The Morgan fingerprint density at radius 2 is 2.12 bits per heavy atom. The normalized spacial score (nSPS) is 10.4. The molecule has 3 heteroatoms. The Morgan fingerprint density at radius 3 is 2.75 bits per heavy atom. The zero-order chi connectivity index (χ0) is 11.2. The van der Waals surface area contributed by atoms with Gasteiger partial charge in [0.1, 0.15) is 0 Å². The molecule has 1 aromatic carbocycles. The summed E-state index contributed by atoms with van der Waals surface area (Å²) in [6.07, 6.45) is 7.89. The van der Waals surface area contributed by atoms with Crippen LogP contribution in [-0.4, -0.2) is 9.78 Å². The first-order chi connectivity index (χ1) is 7.90. The molecule has 1 heterocycles. The minimum atomic E-state index is 0.445. The molecule has 0 unspecified atom stereocenters. The molecule has 0 aliphatic heterocycles. The summed E-state index contributed by atoms with van der Waals surface area (Å²) in [5, 5.41) is 12.5. The van der Waals surface area contributed by atoms with Crippen LogP contribution in [-0.2, 0) is 0 Å². The molecule has 0 fully saturated rings. The molecule has 0 bridgehead atoms. The second kappa shape index (κ2) is 4.94. The van der Waals surface area contributed by atoms with Gasteiger partial charge in [-0.2, -0.15) is 10.4 Å². The van der Waals surface area contributed by atoms with Crippen molar-refractivity contribution in [1.82, 2.24) is 9.78 Å². The summed E-state index contributed by atoms with van der Waals surface area (Å²) in [5.74, 6) is 0. The van der Waals surface area contributed by atoms with Crippen LogP contribution < -0.4 is 0 Å². The van der Waals surface area contributed by atoms with E-state index in [9.17, 15) is 0 Å². The molecule has 16 heavy (non-hydrogen) atoms. The van der Waals surface area contributed by atoms with Crippen molar-refractivity contribution in [2.45, 2.75) is 6.42 Å². The summed E-state index contributed by atoms with van der Waals surface area (Å²) in [7, 11) is 0. The van der Waals surface area contributed by atoms with E-state index in [0.717, 1.165) is 11.3 Å². The van der Waals surface area contributed by atoms with Crippen LogP contribution >= 0.6 is 0 Å². The number of aromatic nitrogens is 2. The van der Waals surface area contributed by atoms with Crippen molar-refractivity contribution in [2.24, 2.45) is 0 Å². The highest BCUT2D eigenvalue weighted by molar-refractivity contribution is 5.51. The molecule has 0 radical (unpaired) electrons. The van der Waals surface area contributed by atoms with Crippen LogP contribution in [0.15, 0.2) is 48.8 Å². The van der Waals surface area contributed by atoms with E-state index in [1.165, 1.54) is 0 Å². The molecule has 2 aromatic rings. The Bertz CT molecular complexity index is 501. The average Bonchev–Trinajstić information content (AvgIpc) is 2.84.